The van der Waals surface area contributed by atoms with E-state index in [4.69, 9.17) is 4.52 Å². The molecule has 1 aromatic carbocycles. The molecular formula is C21H30N4O4S. The molecule has 1 aromatic heterocycles. The SMILES string of the molecule is CC(C)(C)c1cc(NC(=O)CNc2ccc(S(=O)(=O)N3CCCCCC3)cc2)on1. The normalized spacial score (nSPS) is 16.1. The Morgan fingerprint density at radius 1 is 1.10 bits per heavy atom. The van der Waals surface area contributed by atoms with E-state index in [1.54, 1.807) is 34.6 Å². The van der Waals surface area contributed by atoms with Gasteiger partial charge in [-0.2, -0.15) is 4.31 Å². The van der Waals surface area contributed by atoms with E-state index in [2.05, 4.69) is 15.8 Å². The first-order valence-electron chi connectivity index (χ1n) is 10.3. The highest BCUT2D eigenvalue weighted by Crippen LogP contribution is 2.24. The minimum atomic E-state index is -3.48. The topological polar surface area (TPSA) is 105 Å². The molecule has 1 saturated heterocycles. The molecule has 1 amide bonds. The van der Waals surface area contributed by atoms with E-state index < -0.39 is 10.0 Å². The van der Waals surface area contributed by atoms with Gasteiger partial charge in [-0.05, 0) is 37.1 Å². The Hall–Kier alpha value is -2.39. The number of amides is 1. The number of aromatic nitrogens is 1. The lowest BCUT2D eigenvalue weighted by Gasteiger charge is -2.20. The van der Waals surface area contributed by atoms with Crippen LogP contribution < -0.4 is 10.6 Å². The molecule has 164 valence electrons. The molecule has 2 N–H and O–H groups in total. The molecule has 3 rings (SSSR count). The van der Waals surface area contributed by atoms with Gasteiger partial charge in [0.2, 0.25) is 21.8 Å². The van der Waals surface area contributed by atoms with Crippen LogP contribution in [0, 0.1) is 0 Å². The van der Waals surface area contributed by atoms with Crippen molar-refractivity contribution in [2.45, 2.75) is 56.8 Å². The van der Waals surface area contributed by atoms with E-state index in [1.807, 2.05) is 20.8 Å². The van der Waals surface area contributed by atoms with Crippen LogP contribution in [-0.4, -0.2) is 43.4 Å². The van der Waals surface area contributed by atoms with Crippen LogP contribution in [0.1, 0.15) is 52.1 Å². The second-order valence-electron chi connectivity index (χ2n) is 8.57. The van der Waals surface area contributed by atoms with Crippen LogP contribution in [0.3, 0.4) is 0 Å². The largest absolute Gasteiger partial charge is 0.376 e. The molecule has 0 atom stereocenters. The Kier molecular flexibility index (Phi) is 6.82. The fourth-order valence-corrected chi connectivity index (χ4v) is 4.74. The maximum absolute atomic E-state index is 12.8. The third-order valence-electron chi connectivity index (χ3n) is 5.05. The molecule has 0 radical (unpaired) electrons. The summed E-state index contributed by atoms with van der Waals surface area (Å²) < 4.78 is 32.4. The highest BCUT2D eigenvalue weighted by Gasteiger charge is 2.25. The number of rotatable bonds is 6. The van der Waals surface area contributed by atoms with Gasteiger partial charge in [0.1, 0.15) is 0 Å². The van der Waals surface area contributed by atoms with Crippen molar-refractivity contribution in [2.24, 2.45) is 0 Å². The van der Waals surface area contributed by atoms with E-state index in [0.717, 1.165) is 31.4 Å². The molecule has 0 bridgehead atoms. The van der Waals surface area contributed by atoms with Gasteiger partial charge in [-0.1, -0.05) is 38.8 Å². The quantitative estimate of drug-likeness (QED) is 0.720. The predicted octanol–water partition coefficient (Wildman–Crippen LogP) is 3.59. The average molecular weight is 435 g/mol. The Balaban J connectivity index is 1.55. The molecule has 1 aliphatic heterocycles. The van der Waals surface area contributed by atoms with Crippen LogP contribution in [-0.2, 0) is 20.2 Å². The first-order chi connectivity index (χ1) is 14.2. The fourth-order valence-electron chi connectivity index (χ4n) is 3.23. The lowest BCUT2D eigenvalue weighted by atomic mass is 9.92. The summed E-state index contributed by atoms with van der Waals surface area (Å²) in [6.07, 6.45) is 3.94. The number of sulfonamides is 1. The van der Waals surface area contributed by atoms with Gasteiger partial charge >= 0.3 is 0 Å². The molecule has 1 fully saturated rings. The third-order valence-corrected chi connectivity index (χ3v) is 6.96. The summed E-state index contributed by atoms with van der Waals surface area (Å²) in [4.78, 5) is 12.4. The summed E-state index contributed by atoms with van der Waals surface area (Å²) >= 11 is 0. The number of hydrogen-bond donors (Lipinski definition) is 2. The Labute approximate surface area is 178 Å². The second-order valence-corrected chi connectivity index (χ2v) is 10.5. The molecule has 2 heterocycles. The molecule has 30 heavy (non-hydrogen) atoms. The highest BCUT2D eigenvalue weighted by molar-refractivity contribution is 7.89. The van der Waals surface area contributed by atoms with Gasteiger partial charge in [0, 0.05) is 30.3 Å². The lowest BCUT2D eigenvalue weighted by molar-refractivity contribution is -0.114. The predicted molar refractivity (Wildman–Crippen MR) is 116 cm³/mol. The van der Waals surface area contributed by atoms with Gasteiger partial charge in [-0.25, -0.2) is 8.42 Å². The van der Waals surface area contributed by atoms with Crippen molar-refractivity contribution in [2.75, 3.05) is 30.3 Å². The zero-order valence-electron chi connectivity index (χ0n) is 17.8. The number of carbonyl (C=O) groups is 1. The molecule has 8 nitrogen and oxygen atoms in total. The zero-order chi connectivity index (χ0) is 21.8. The van der Waals surface area contributed by atoms with Crippen LogP contribution in [0.4, 0.5) is 11.6 Å². The third kappa shape index (κ3) is 5.60. The number of carbonyl (C=O) groups excluding carboxylic acids is 1. The Morgan fingerprint density at radius 3 is 2.30 bits per heavy atom. The van der Waals surface area contributed by atoms with Crippen molar-refractivity contribution >= 4 is 27.5 Å². The van der Waals surface area contributed by atoms with E-state index in [-0.39, 0.29) is 22.8 Å². The van der Waals surface area contributed by atoms with Gasteiger partial charge in [0.15, 0.2) is 0 Å². The molecule has 0 unspecified atom stereocenters. The second kappa shape index (κ2) is 9.18. The smallest absolute Gasteiger partial charge is 0.246 e. The monoisotopic (exact) mass is 434 g/mol. The molecule has 0 spiro atoms. The summed E-state index contributed by atoms with van der Waals surface area (Å²) in [5.74, 6) is 0.0125. The zero-order valence-corrected chi connectivity index (χ0v) is 18.6. The van der Waals surface area contributed by atoms with Crippen LogP contribution >= 0.6 is 0 Å². The van der Waals surface area contributed by atoms with Gasteiger partial charge in [-0.3, -0.25) is 10.1 Å². The first kappa shape index (κ1) is 22.3. The molecule has 1 aliphatic rings. The number of benzene rings is 1. The average Bonchev–Trinajstić information content (AvgIpc) is 2.99. The van der Waals surface area contributed by atoms with Crippen molar-refractivity contribution in [1.82, 2.24) is 9.46 Å². The van der Waals surface area contributed by atoms with Crippen molar-refractivity contribution in [3.63, 3.8) is 0 Å². The Bertz CT molecular complexity index is 954. The molecular weight excluding hydrogens is 404 g/mol. The van der Waals surface area contributed by atoms with Crippen molar-refractivity contribution < 1.29 is 17.7 Å². The van der Waals surface area contributed by atoms with E-state index in [1.165, 1.54) is 0 Å². The number of nitrogens with zero attached hydrogens (tertiary/aromatic N) is 2. The summed E-state index contributed by atoms with van der Waals surface area (Å²) in [5.41, 5.74) is 1.25. The minimum Gasteiger partial charge on any atom is -0.376 e. The van der Waals surface area contributed by atoms with Crippen LogP contribution in [0.2, 0.25) is 0 Å². The number of nitrogens with one attached hydrogen (secondary N) is 2. The van der Waals surface area contributed by atoms with Gasteiger partial charge in [-0.15, -0.1) is 0 Å². The maximum Gasteiger partial charge on any atom is 0.246 e. The number of hydrogen-bond acceptors (Lipinski definition) is 6. The minimum absolute atomic E-state index is 0.0176. The summed E-state index contributed by atoms with van der Waals surface area (Å²) in [6.45, 7) is 7.18. The summed E-state index contributed by atoms with van der Waals surface area (Å²) in [6, 6.07) is 8.20. The summed E-state index contributed by atoms with van der Waals surface area (Å²) in [7, 11) is -3.48. The molecule has 2 aromatic rings. The molecule has 0 aliphatic carbocycles. The van der Waals surface area contributed by atoms with Crippen molar-refractivity contribution in [3.8, 4) is 0 Å². The van der Waals surface area contributed by atoms with Gasteiger partial charge in [0.05, 0.1) is 17.1 Å². The van der Waals surface area contributed by atoms with Crippen LogP contribution in [0.25, 0.3) is 0 Å². The van der Waals surface area contributed by atoms with Gasteiger partial charge in [0.25, 0.3) is 0 Å². The fraction of sp³-hybridized carbons (Fsp3) is 0.524. The van der Waals surface area contributed by atoms with E-state index in [9.17, 15) is 13.2 Å². The highest BCUT2D eigenvalue weighted by atomic mass is 32.2. The van der Waals surface area contributed by atoms with E-state index in [0.29, 0.717) is 24.7 Å². The number of anilines is 2. The Morgan fingerprint density at radius 2 is 1.73 bits per heavy atom. The standard InChI is InChI=1S/C21H30N4O4S/c1-21(2,3)18-14-20(29-24-18)23-19(26)15-22-16-8-10-17(11-9-16)30(27,28)25-12-6-4-5-7-13-25/h8-11,14,22H,4-7,12-13,15H2,1-3H3,(H,23,26). The molecule has 0 saturated carbocycles. The van der Waals surface area contributed by atoms with Crippen molar-refractivity contribution in [3.05, 3.63) is 36.0 Å². The van der Waals surface area contributed by atoms with Gasteiger partial charge < -0.3 is 9.84 Å². The molecule has 9 heteroatoms. The first-order valence-corrected chi connectivity index (χ1v) is 11.7. The summed E-state index contributed by atoms with van der Waals surface area (Å²) in [5, 5.41) is 9.61. The lowest BCUT2D eigenvalue weighted by Crippen LogP contribution is -2.31. The van der Waals surface area contributed by atoms with E-state index >= 15 is 0 Å². The van der Waals surface area contributed by atoms with Crippen LogP contribution in [0.5, 0.6) is 0 Å². The van der Waals surface area contributed by atoms with Crippen LogP contribution in [0.15, 0.2) is 39.8 Å². The maximum atomic E-state index is 12.8. The van der Waals surface area contributed by atoms with Crippen molar-refractivity contribution in [1.29, 1.82) is 0 Å².